The van der Waals surface area contributed by atoms with Crippen molar-refractivity contribution >= 4 is 22.9 Å². The molecule has 1 unspecified atom stereocenters. The Morgan fingerprint density at radius 3 is 2.71 bits per heavy atom. The molecule has 4 rings (SSSR count). The number of ether oxygens (including phenoxy) is 2. The van der Waals surface area contributed by atoms with Gasteiger partial charge in [0.15, 0.2) is 6.23 Å². The predicted molar refractivity (Wildman–Crippen MR) is 111 cm³/mol. The van der Waals surface area contributed by atoms with Gasteiger partial charge in [-0.3, -0.25) is 10.5 Å². The van der Waals surface area contributed by atoms with Gasteiger partial charge in [0.25, 0.3) is 5.91 Å². The lowest BCUT2D eigenvalue weighted by Gasteiger charge is -2.28. The van der Waals surface area contributed by atoms with Crippen LogP contribution in [0.4, 0.5) is 14.5 Å². The zero-order valence-electron chi connectivity index (χ0n) is 16.7. The van der Waals surface area contributed by atoms with Gasteiger partial charge < -0.3 is 14.8 Å². The molecule has 1 amide bonds. The average molecular weight is 449 g/mol. The topological polar surface area (TPSA) is 104 Å². The molecule has 3 N–H and O–H groups in total. The van der Waals surface area contributed by atoms with Crippen LogP contribution in [0.15, 0.2) is 29.1 Å². The van der Waals surface area contributed by atoms with Gasteiger partial charge in [-0.15, -0.1) is 11.3 Å². The van der Waals surface area contributed by atoms with E-state index in [9.17, 15) is 13.6 Å². The van der Waals surface area contributed by atoms with E-state index in [-0.39, 0.29) is 34.4 Å². The van der Waals surface area contributed by atoms with E-state index in [1.807, 2.05) is 0 Å². The number of carbonyl (C=O) groups excluding carboxylic acids is 1. The molecule has 1 aliphatic rings. The Hall–Kier alpha value is -2.89. The number of hydrogen-bond donors (Lipinski definition) is 2. The van der Waals surface area contributed by atoms with Crippen molar-refractivity contribution in [1.29, 1.82) is 0 Å². The molecule has 0 radical (unpaired) electrons. The first-order chi connectivity index (χ1) is 15.0. The number of carbonyl (C=O) groups is 1. The number of thiazole rings is 1. The van der Waals surface area contributed by atoms with Gasteiger partial charge in [-0.25, -0.2) is 18.4 Å². The van der Waals surface area contributed by atoms with Crippen molar-refractivity contribution < 1.29 is 23.0 Å². The maximum absolute atomic E-state index is 14.5. The molecule has 2 aromatic heterocycles. The monoisotopic (exact) mass is 449 g/mol. The molecule has 0 bridgehead atoms. The number of benzene rings is 1. The highest BCUT2D eigenvalue weighted by Crippen LogP contribution is 2.39. The molecule has 3 heterocycles. The number of rotatable bonds is 6. The lowest BCUT2D eigenvalue weighted by molar-refractivity contribution is 0.0176. The van der Waals surface area contributed by atoms with Crippen molar-refractivity contribution in [3.8, 4) is 17.1 Å². The zero-order chi connectivity index (χ0) is 22.0. The van der Waals surface area contributed by atoms with E-state index < -0.39 is 23.8 Å². The molecule has 0 saturated carbocycles. The second-order valence-electron chi connectivity index (χ2n) is 7.11. The number of nitrogens with two attached hydrogens (primary N) is 1. The Morgan fingerprint density at radius 2 is 2.06 bits per heavy atom. The first-order valence-electron chi connectivity index (χ1n) is 9.66. The second kappa shape index (κ2) is 9.08. The van der Waals surface area contributed by atoms with Crippen LogP contribution in [0, 0.1) is 17.6 Å². The number of nitrogens with zero attached hydrogens (tertiary/aromatic N) is 3. The summed E-state index contributed by atoms with van der Waals surface area (Å²) in [7, 11) is 1.55. The maximum Gasteiger partial charge on any atom is 0.275 e. The van der Waals surface area contributed by atoms with Gasteiger partial charge in [0.1, 0.15) is 28.7 Å². The molecule has 1 atom stereocenters. The fourth-order valence-corrected chi connectivity index (χ4v) is 3.96. The van der Waals surface area contributed by atoms with E-state index in [0.29, 0.717) is 26.1 Å². The van der Waals surface area contributed by atoms with Crippen molar-refractivity contribution in [2.45, 2.75) is 19.1 Å². The van der Waals surface area contributed by atoms with Gasteiger partial charge in [-0.2, -0.15) is 5.10 Å². The SMILES string of the molecule is Cn1nc(-c2c(F)cccc2F)c(NC(=O)c2cscn2)c1OC(N)C1CCOCC1. The number of amides is 1. The fourth-order valence-electron chi connectivity index (χ4n) is 3.43. The summed E-state index contributed by atoms with van der Waals surface area (Å²) in [5.74, 6) is -2.07. The van der Waals surface area contributed by atoms with Crippen LogP contribution in [0.3, 0.4) is 0 Å². The van der Waals surface area contributed by atoms with Crippen LogP contribution in [0.2, 0.25) is 0 Å². The molecule has 1 fully saturated rings. The van der Waals surface area contributed by atoms with Crippen LogP contribution in [-0.2, 0) is 11.8 Å². The van der Waals surface area contributed by atoms with Gasteiger partial charge in [0.05, 0.1) is 11.1 Å². The minimum Gasteiger partial charge on any atom is -0.457 e. The lowest BCUT2D eigenvalue weighted by Crippen LogP contribution is -2.39. The summed E-state index contributed by atoms with van der Waals surface area (Å²) < 4.78 is 41.7. The van der Waals surface area contributed by atoms with Crippen molar-refractivity contribution in [2.24, 2.45) is 18.7 Å². The quantitative estimate of drug-likeness (QED) is 0.560. The molecule has 1 saturated heterocycles. The Labute approximate surface area is 181 Å². The molecule has 164 valence electrons. The number of anilines is 1. The van der Waals surface area contributed by atoms with Crippen LogP contribution < -0.4 is 15.8 Å². The summed E-state index contributed by atoms with van der Waals surface area (Å²) in [5.41, 5.74) is 7.47. The van der Waals surface area contributed by atoms with Gasteiger partial charge >= 0.3 is 0 Å². The minimum absolute atomic E-state index is 0.0204. The Kier molecular flexibility index (Phi) is 6.25. The van der Waals surface area contributed by atoms with E-state index in [1.165, 1.54) is 27.6 Å². The maximum atomic E-state index is 14.5. The van der Waals surface area contributed by atoms with Crippen LogP contribution in [0.5, 0.6) is 5.88 Å². The van der Waals surface area contributed by atoms with Gasteiger partial charge in [0.2, 0.25) is 5.88 Å². The molecular formula is C20H21F2N5O3S. The Morgan fingerprint density at radius 1 is 1.35 bits per heavy atom. The lowest BCUT2D eigenvalue weighted by atomic mass is 9.99. The van der Waals surface area contributed by atoms with E-state index in [2.05, 4.69) is 15.4 Å². The van der Waals surface area contributed by atoms with Crippen LogP contribution in [0.1, 0.15) is 23.3 Å². The number of halogens is 2. The van der Waals surface area contributed by atoms with E-state index >= 15 is 0 Å². The highest BCUT2D eigenvalue weighted by molar-refractivity contribution is 7.07. The first-order valence-corrected chi connectivity index (χ1v) is 10.6. The largest absolute Gasteiger partial charge is 0.457 e. The van der Waals surface area contributed by atoms with Crippen LogP contribution in [0.25, 0.3) is 11.3 Å². The number of hydrogen-bond acceptors (Lipinski definition) is 7. The molecule has 3 aromatic rings. The molecular weight excluding hydrogens is 428 g/mol. The highest BCUT2D eigenvalue weighted by atomic mass is 32.1. The first kappa shape index (κ1) is 21.3. The predicted octanol–water partition coefficient (Wildman–Crippen LogP) is 3.16. The second-order valence-corrected chi connectivity index (χ2v) is 7.83. The summed E-state index contributed by atoms with van der Waals surface area (Å²) in [6, 6.07) is 3.49. The van der Waals surface area contributed by atoms with Crippen LogP contribution >= 0.6 is 11.3 Å². The number of aryl methyl sites for hydroxylation is 1. The third-order valence-corrected chi connectivity index (χ3v) is 5.66. The summed E-state index contributed by atoms with van der Waals surface area (Å²) in [6.45, 7) is 1.15. The molecule has 0 spiro atoms. The van der Waals surface area contributed by atoms with E-state index in [1.54, 1.807) is 12.4 Å². The van der Waals surface area contributed by atoms with Crippen molar-refractivity contribution in [3.63, 3.8) is 0 Å². The molecule has 11 heteroatoms. The Bertz CT molecular complexity index is 1050. The molecule has 0 aliphatic carbocycles. The summed E-state index contributed by atoms with van der Waals surface area (Å²) in [6.07, 6.45) is 0.718. The summed E-state index contributed by atoms with van der Waals surface area (Å²) in [4.78, 5) is 16.7. The standard InChI is InChI=1S/C20H21F2N5O3S/c1-27-20(30-18(23)11-5-7-29-8-6-11)17(25-19(28)14-9-31-10-24-14)16(26-27)15-12(21)3-2-4-13(15)22/h2-4,9-11,18H,5-8,23H2,1H3,(H,25,28). The fraction of sp³-hybridized carbons (Fsp3) is 0.350. The molecule has 1 aromatic carbocycles. The minimum atomic E-state index is -0.817. The van der Waals surface area contributed by atoms with Crippen LogP contribution in [-0.4, -0.2) is 40.1 Å². The number of nitrogens with one attached hydrogen (secondary N) is 1. The third-order valence-electron chi connectivity index (χ3n) is 5.08. The third kappa shape index (κ3) is 4.43. The summed E-state index contributed by atoms with van der Waals surface area (Å²) in [5, 5.41) is 8.44. The van der Waals surface area contributed by atoms with Crippen molar-refractivity contribution in [1.82, 2.24) is 14.8 Å². The van der Waals surface area contributed by atoms with E-state index in [4.69, 9.17) is 15.2 Å². The zero-order valence-corrected chi connectivity index (χ0v) is 17.5. The average Bonchev–Trinajstić information content (AvgIpc) is 3.39. The van der Waals surface area contributed by atoms with E-state index in [0.717, 1.165) is 12.1 Å². The molecule has 1 aliphatic heterocycles. The van der Waals surface area contributed by atoms with Crippen molar-refractivity contribution in [2.75, 3.05) is 18.5 Å². The summed E-state index contributed by atoms with van der Waals surface area (Å²) >= 11 is 1.25. The normalized spacial score (nSPS) is 15.6. The Balaban J connectivity index is 1.74. The molecule has 8 nitrogen and oxygen atoms in total. The van der Waals surface area contributed by atoms with Gasteiger partial charge in [0, 0.05) is 31.6 Å². The smallest absolute Gasteiger partial charge is 0.275 e. The molecule has 31 heavy (non-hydrogen) atoms. The number of aromatic nitrogens is 3. The van der Waals surface area contributed by atoms with Gasteiger partial charge in [-0.1, -0.05) is 6.07 Å². The highest BCUT2D eigenvalue weighted by Gasteiger charge is 2.29. The van der Waals surface area contributed by atoms with Gasteiger partial charge in [-0.05, 0) is 25.0 Å². The van der Waals surface area contributed by atoms with Crippen molar-refractivity contribution in [3.05, 3.63) is 46.4 Å².